The highest BCUT2D eigenvalue weighted by Crippen LogP contribution is 2.14. The summed E-state index contributed by atoms with van der Waals surface area (Å²) in [5, 5.41) is 7.38. The van der Waals surface area contributed by atoms with Crippen LogP contribution in [0.2, 0.25) is 0 Å². The summed E-state index contributed by atoms with van der Waals surface area (Å²) in [4.78, 5) is 14.4. The SMILES string of the molecule is Cc1nn(C)c(C)c1CC(=O)NC[C@H](C)N(C)c1ccccc1. The van der Waals surface area contributed by atoms with Gasteiger partial charge >= 0.3 is 0 Å². The normalized spacial score (nSPS) is 12.0. The van der Waals surface area contributed by atoms with Crippen molar-refractivity contribution < 1.29 is 4.79 Å². The predicted molar refractivity (Wildman–Crippen MR) is 93.7 cm³/mol. The summed E-state index contributed by atoms with van der Waals surface area (Å²) < 4.78 is 1.82. The summed E-state index contributed by atoms with van der Waals surface area (Å²) in [5.74, 6) is 0.0394. The number of hydrogen-bond acceptors (Lipinski definition) is 3. The number of carbonyl (C=O) groups excluding carboxylic acids is 1. The third kappa shape index (κ3) is 4.12. The molecule has 0 saturated carbocycles. The van der Waals surface area contributed by atoms with Gasteiger partial charge in [0, 0.05) is 43.6 Å². The monoisotopic (exact) mass is 314 g/mol. The molecule has 0 radical (unpaired) electrons. The molecule has 2 aromatic rings. The zero-order valence-electron chi connectivity index (χ0n) is 14.6. The van der Waals surface area contributed by atoms with Gasteiger partial charge in [-0.3, -0.25) is 9.48 Å². The Hall–Kier alpha value is -2.30. The van der Waals surface area contributed by atoms with E-state index in [4.69, 9.17) is 0 Å². The highest BCUT2D eigenvalue weighted by molar-refractivity contribution is 5.79. The fraction of sp³-hybridized carbons (Fsp3) is 0.444. The van der Waals surface area contributed by atoms with Gasteiger partial charge in [-0.05, 0) is 32.9 Å². The molecule has 1 aromatic heterocycles. The number of anilines is 1. The number of likely N-dealkylation sites (N-methyl/N-ethyl adjacent to an activating group) is 1. The second kappa shape index (κ2) is 7.31. The van der Waals surface area contributed by atoms with Gasteiger partial charge in [0.1, 0.15) is 0 Å². The third-order valence-corrected chi connectivity index (χ3v) is 4.42. The molecule has 1 aromatic carbocycles. The molecular formula is C18H26N4O. The Morgan fingerprint density at radius 2 is 1.96 bits per heavy atom. The van der Waals surface area contributed by atoms with E-state index in [0.29, 0.717) is 13.0 Å². The van der Waals surface area contributed by atoms with Crippen LogP contribution in [0.5, 0.6) is 0 Å². The van der Waals surface area contributed by atoms with Crippen LogP contribution >= 0.6 is 0 Å². The molecule has 124 valence electrons. The maximum atomic E-state index is 12.2. The molecule has 1 amide bonds. The van der Waals surface area contributed by atoms with E-state index in [0.717, 1.165) is 22.6 Å². The molecule has 0 bridgehead atoms. The molecule has 2 rings (SSSR count). The first-order valence-electron chi connectivity index (χ1n) is 7.93. The number of benzene rings is 1. The third-order valence-electron chi connectivity index (χ3n) is 4.42. The van der Waals surface area contributed by atoms with Crippen molar-refractivity contribution >= 4 is 11.6 Å². The number of para-hydroxylation sites is 1. The Morgan fingerprint density at radius 1 is 1.30 bits per heavy atom. The molecule has 5 nitrogen and oxygen atoms in total. The molecule has 0 fully saturated rings. The first kappa shape index (κ1) is 17.1. The van der Waals surface area contributed by atoms with Crippen LogP contribution in [0, 0.1) is 13.8 Å². The average molecular weight is 314 g/mol. The Balaban J connectivity index is 1.89. The van der Waals surface area contributed by atoms with Crippen LogP contribution in [-0.4, -0.2) is 35.3 Å². The topological polar surface area (TPSA) is 50.2 Å². The van der Waals surface area contributed by atoms with Gasteiger partial charge in [-0.2, -0.15) is 5.10 Å². The van der Waals surface area contributed by atoms with Gasteiger partial charge in [-0.15, -0.1) is 0 Å². The minimum absolute atomic E-state index is 0.0394. The Labute approximate surface area is 138 Å². The fourth-order valence-corrected chi connectivity index (χ4v) is 2.61. The molecule has 0 aliphatic carbocycles. The van der Waals surface area contributed by atoms with E-state index in [1.54, 1.807) is 0 Å². The summed E-state index contributed by atoms with van der Waals surface area (Å²) in [5.41, 5.74) is 4.14. The van der Waals surface area contributed by atoms with E-state index in [2.05, 4.69) is 34.4 Å². The molecule has 0 spiro atoms. The number of aryl methyl sites for hydroxylation is 2. The number of nitrogens with one attached hydrogen (secondary N) is 1. The van der Waals surface area contributed by atoms with Crippen LogP contribution in [0.4, 0.5) is 5.69 Å². The van der Waals surface area contributed by atoms with Crippen LogP contribution in [0.1, 0.15) is 23.9 Å². The molecule has 0 saturated heterocycles. The molecule has 0 aliphatic heterocycles. The fourth-order valence-electron chi connectivity index (χ4n) is 2.61. The highest BCUT2D eigenvalue weighted by Gasteiger charge is 2.15. The molecule has 1 N–H and O–H groups in total. The van der Waals surface area contributed by atoms with Crippen LogP contribution in [0.15, 0.2) is 30.3 Å². The van der Waals surface area contributed by atoms with Crippen molar-refractivity contribution in [3.63, 3.8) is 0 Å². The summed E-state index contributed by atoms with van der Waals surface area (Å²) in [6, 6.07) is 10.4. The first-order chi connectivity index (χ1) is 10.9. The maximum Gasteiger partial charge on any atom is 0.224 e. The number of nitrogens with zero attached hydrogens (tertiary/aromatic N) is 3. The van der Waals surface area contributed by atoms with Crippen LogP contribution in [0.25, 0.3) is 0 Å². The van der Waals surface area contributed by atoms with Crippen molar-refractivity contribution in [2.45, 2.75) is 33.2 Å². The minimum Gasteiger partial charge on any atom is -0.370 e. The van der Waals surface area contributed by atoms with Crippen molar-refractivity contribution in [1.29, 1.82) is 0 Å². The van der Waals surface area contributed by atoms with Crippen molar-refractivity contribution in [1.82, 2.24) is 15.1 Å². The zero-order valence-corrected chi connectivity index (χ0v) is 14.6. The predicted octanol–water partition coefficient (Wildman–Crippen LogP) is 2.22. The lowest BCUT2D eigenvalue weighted by Crippen LogP contribution is -2.40. The summed E-state index contributed by atoms with van der Waals surface area (Å²) in [7, 11) is 3.95. The van der Waals surface area contributed by atoms with Gasteiger partial charge in [0.15, 0.2) is 0 Å². The van der Waals surface area contributed by atoms with Gasteiger partial charge in [0.05, 0.1) is 12.1 Å². The first-order valence-corrected chi connectivity index (χ1v) is 7.93. The van der Waals surface area contributed by atoms with Crippen molar-refractivity contribution in [3.05, 3.63) is 47.3 Å². The Kier molecular flexibility index (Phi) is 5.42. The average Bonchev–Trinajstić information content (AvgIpc) is 2.79. The van der Waals surface area contributed by atoms with Gasteiger partial charge in [-0.25, -0.2) is 0 Å². The van der Waals surface area contributed by atoms with E-state index < -0.39 is 0 Å². The van der Waals surface area contributed by atoms with Gasteiger partial charge in [0.25, 0.3) is 0 Å². The summed E-state index contributed by atoms with van der Waals surface area (Å²) in [6.07, 6.45) is 0.382. The number of hydrogen-bond donors (Lipinski definition) is 1. The van der Waals surface area contributed by atoms with Crippen LogP contribution in [-0.2, 0) is 18.3 Å². The van der Waals surface area contributed by atoms with Crippen LogP contribution < -0.4 is 10.2 Å². The molecule has 1 heterocycles. The quantitative estimate of drug-likeness (QED) is 0.889. The summed E-state index contributed by atoms with van der Waals surface area (Å²) in [6.45, 7) is 6.66. The van der Waals surface area contributed by atoms with Gasteiger partial charge < -0.3 is 10.2 Å². The van der Waals surface area contributed by atoms with Crippen molar-refractivity contribution in [3.8, 4) is 0 Å². The second-order valence-corrected chi connectivity index (χ2v) is 6.05. The Morgan fingerprint density at radius 3 is 2.52 bits per heavy atom. The van der Waals surface area contributed by atoms with Crippen LogP contribution in [0.3, 0.4) is 0 Å². The molecule has 23 heavy (non-hydrogen) atoms. The number of aromatic nitrogens is 2. The second-order valence-electron chi connectivity index (χ2n) is 6.05. The van der Waals surface area contributed by atoms with Crippen molar-refractivity contribution in [2.75, 3.05) is 18.5 Å². The standard InChI is InChI=1S/C18H26N4O/c1-13(21(4)16-9-7-6-8-10-16)12-19-18(23)11-17-14(2)20-22(5)15(17)3/h6-10,13H,11-12H2,1-5H3,(H,19,23)/t13-/m0/s1. The zero-order chi connectivity index (χ0) is 17.0. The lowest BCUT2D eigenvalue weighted by Gasteiger charge is -2.27. The van der Waals surface area contributed by atoms with E-state index in [9.17, 15) is 4.79 Å². The molecule has 0 aliphatic rings. The number of rotatable bonds is 6. The Bertz CT molecular complexity index is 663. The highest BCUT2D eigenvalue weighted by atomic mass is 16.1. The lowest BCUT2D eigenvalue weighted by molar-refractivity contribution is -0.120. The maximum absolute atomic E-state index is 12.2. The summed E-state index contributed by atoms with van der Waals surface area (Å²) >= 11 is 0. The van der Waals surface area contributed by atoms with Crippen molar-refractivity contribution in [2.24, 2.45) is 7.05 Å². The molecule has 0 unspecified atom stereocenters. The molecule has 5 heteroatoms. The lowest BCUT2D eigenvalue weighted by atomic mass is 10.1. The van der Waals surface area contributed by atoms with E-state index in [-0.39, 0.29) is 11.9 Å². The van der Waals surface area contributed by atoms with E-state index in [1.165, 1.54) is 0 Å². The van der Waals surface area contributed by atoms with Gasteiger partial charge in [0.2, 0.25) is 5.91 Å². The van der Waals surface area contributed by atoms with E-state index >= 15 is 0 Å². The molecular weight excluding hydrogens is 288 g/mol. The number of carbonyl (C=O) groups is 1. The van der Waals surface area contributed by atoms with E-state index in [1.807, 2.05) is 50.8 Å². The number of amides is 1. The van der Waals surface area contributed by atoms with Gasteiger partial charge in [-0.1, -0.05) is 18.2 Å². The molecule has 1 atom stereocenters. The smallest absolute Gasteiger partial charge is 0.224 e. The minimum atomic E-state index is 0.0394. The largest absolute Gasteiger partial charge is 0.370 e.